The van der Waals surface area contributed by atoms with Crippen LogP contribution in [0.5, 0.6) is 0 Å². The highest BCUT2D eigenvalue weighted by Crippen LogP contribution is 2.37. The standard InChI is InChI=1S/C21H33N3O4/c1-4-24-18-16(13-21(14-22-19(18)25)8-11-27-12-9-21)17(23-24)7-5-6-10-28-20(26)15(2)3/h15H,4-14H2,1-3H3,(H,22,25). The summed E-state index contributed by atoms with van der Waals surface area (Å²) in [5, 5.41) is 7.89. The molecule has 1 aromatic heterocycles. The minimum Gasteiger partial charge on any atom is -0.465 e. The first-order chi connectivity index (χ1) is 13.5. The number of fused-ring (bicyclic) bond motifs is 1. The molecule has 7 heteroatoms. The van der Waals surface area contributed by atoms with E-state index in [1.807, 2.05) is 25.5 Å². The predicted molar refractivity (Wildman–Crippen MR) is 105 cm³/mol. The number of aromatic nitrogens is 2. The lowest BCUT2D eigenvalue weighted by Gasteiger charge is -2.36. The molecule has 2 aliphatic heterocycles. The highest BCUT2D eigenvalue weighted by molar-refractivity contribution is 5.94. The summed E-state index contributed by atoms with van der Waals surface area (Å²) in [6.45, 7) is 9.03. The number of carbonyl (C=O) groups is 2. The molecular weight excluding hydrogens is 358 g/mol. The second-order valence-corrected chi connectivity index (χ2v) is 8.34. The van der Waals surface area contributed by atoms with Crippen LogP contribution in [0.4, 0.5) is 0 Å². The van der Waals surface area contributed by atoms with Gasteiger partial charge in [-0.25, -0.2) is 0 Å². The van der Waals surface area contributed by atoms with E-state index < -0.39 is 0 Å². The molecule has 1 saturated heterocycles. The monoisotopic (exact) mass is 391 g/mol. The fraction of sp³-hybridized carbons (Fsp3) is 0.762. The Balaban J connectivity index is 1.70. The van der Waals surface area contributed by atoms with Gasteiger partial charge in [0.2, 0.25) is 0 Å². The van der Waals surface area contributed by atoms with Crippen molar-refractivity contribution in [3.05, 3.63) is 17.0 Å². The Morgan fingerprint density at radius 2 is 2.07 bits per heavy atom. The third-order valence-electron chi connectivity index (χ3n) is 5.90. The first kappa shape index (κ1) is 20.8. The quantitative estimate of drug-likeness (QED) is 0.570. The smallest absolute Gasteiger partial charge is 0.308 e. The van der Waals surface area contributed by atoms with Crippen molar-refractivity contribution in [1.82, 2.24) is 15.1 Å². The van der Waals surface area contributed by atoms with E-state index in [0.717, 1.165) is 68.7 Å². The number of hydrogen-bond donors (Lipinski definition) is 1. The van der Waals surface area contributed by atoms with Gasteiger partial charge in [0.1, 0.15) is 5.69 Å². The van der Waals surface area contributed by atoms with E-state index >= 15 is 0 Å². The molecule has 0 saturated carbocycles. The van der Waals surface area contributed by atoms with Crippen LogP contribution < -0.4 is 5.32 Å². The zero-order chi connectivity index (χ0) is 20.1. The van der Waals surface area contributed by atoms with Gasteiger partial charge < -0.3 is 14.8 Å². The molecular formula is C21H33N3O4. The van der Waals surface area contributed by atoms with E-state index in [0.29, 0.717) is 19.7 Å². The van der Waals surface area contributed by atoms with Crippen molar-refractivity contribution in [3.8, 4) is 0 Å². The molecule has 1 spiro atoms. The van der Waals surface area contributed by atoms with Gasteiger partial charge in [0.15, 0.2) is 0 Å². The molecule has 1 aromatic rings. The molecule has 2 aliphatic rings. The van der Waals surface area contributed by atoms with Gasteiger partial charge in [-0.2, -0.15) is 5.10 Å². The van der Waals surface area contributed by atoms with Gasteiger partial charge in [-0.15, -0.1) is 0 Å². The number of ether oxygens (including phenoxy) is 2. The van der Waals surface area contributed by atoms with Gasteiger partial charge in [0.25, 0.3) is 5.91 Å². The van der Waals surface area contributed by atoms with Crippen molar-refractivity contribution in [2.45, 2.75) is 65.8 Å². The number of carbonyl (C=O) groups excluding carboxylic acids is 2. The molecule has 0 aromatic carbocycles. The Bertz CT molecular complexity index is 705. The van der Waals surface area contributed by atoms with Crippen LogP contribution in [0.2, 0.25) is 0 Å². The van der Waals surface area contributed by atoms with Crippen LogP contribution in [-0.2, 0) is 33.7 Å². The van der Waals surface area contributed by atoms with E-state index in [2.05, 4.69) is 5.32 Å². The number of nitrogens with zero attached hydrogens (tertiary/aromatic N) is 2. The summed E-state index contributed by atoms with van der Waals surface area (Å²) in [6, 6.07) is 0. The summed E-state index contributed by atoms with van der Waals surface area (Å²) in [4.78, 5) is 24.3. The maximum Gasteiger partial charge on any atom is 0.308 e. The molecule has 0 atom stereocenters. The Morgan fingerprint density at radius 1 is 1.32 bits per heavy atom. The number of amides is 1. The molecule has 3 heterocycles. The summed E-state index contributed by atoms with van der Waals surface area (Å²) >= 11 is 0. The lowest BCUT2D eigenvalue weighted by molar-refractivity contribution is -0.147. The highest BCUT2D eigenvalue weighted by Gasteiger charge is 2.39. The van der Waals surface area contributed by atoms with Crippen molar-refractivity contribution in [1.29, 1.82) is 0 Å². The molecule has 28 heavy (non-hydrogen) atoms. The van der Waals surface area contributed by atoms with E-state index in [4.69, 9.17) is 14.6 Å². The average molecular weight is 392 g/mol. The SMILES string of the molecule is CCn1nc(CCCCOC(=O)C(C)C)c2c1C(=O)NCC1(CCOCC1)C2. The predicted octanol–water partition coefficient (Wildman–Crippen LogP) is 2.51. The Labute approximate surface area is 167 Å². The maximum atomic E-state index is 12.8. The first-order valence-corrected chi connectivity index (χ1v) is 10.6. The van der Waals surface area contributed by atoms with E-state index in [1.54, 1.807) is 0 Å². The minimum absolute atomic E-state index is 0.00942. The molecule has 156 valence electrons. The number of esters is 1. The van der Waals surface area contributed by atoms with Crippen LogP contribution in [0.25, 0.3) is 0 Å². The molecule has 0 radical (unpaired) electrons. The van der Waals surface area contributed by atoms with Crippen LogP contribution in [0.3, 0.4) is 0 Å². The zero-order valence-electron chi connectivity index (χ0n) is 17.4. The Kier molecular flexibility index (Phi) is 6.75. The van der Waals surface area contributed by atoms with Crippen LogP contribution in [-0.4, -0.2) is 48.0 Å². The largest absolute Gasteiger partial charge is 0.465 e. The summed E-state index contributed by atoms with van der Waals surface area (Å²) in [5.74, 6) is -0.253. The molecule has 0 aliphatic carbocycles. The molecule has 1 amide bonds. The van der Waals surface area contributed by atoms with Gasteiger partial charge in [-0.05, 0) is 50.9 Å². The summed E-state index contributed by atoms with van der Waals surface area (Å²) < 4.78 is 12.7. The third-order valence-corrected chi connectivity index (χ3v) is 5.90. The number of unbranched alkanes of at least 4 members (excludes halogenated alkanes) is 1. The second-order valence-electron chi connectivity index (χ2n) is 8.34. The van der Waals surface area contributed by atoms with E-state index in [9.17, 15) is 9.59 Å². The van der Waals surface area contributed by atoms with Crippen molar-refractivity contribution < 1.29 is 19.1 Å². The van der Waals surface area contributed by atoms with Crippen molar-refractivity contribution in [3.63, 3.8) is 0 Å². The van der Waals surface area contributed by atoms with Gasteiger partial charge in [0, 0.05) is 31.9 Å². The summed E-state index contributed by atoms with van der Waals surface area (Å²) in [7, 11) is 0. The summed E-state index contributed by atoms with van der Waals surface area (Å²) in [5.41, 5.74) is 2.93. The van der Waals surface area contributed by atoms with Gasteiger partial charge in [0.05, 0.1) is 18.2 Å². The molecule has 0 unspecified atom stereocenters. The Morgan fingerprint density at radius 3 is 2.75 bits per heavy atom. The normalized spacial score (nSPS) is 18.6. The Hall–Kier alpha value is -1.89. The molecule has 1 fully saturated rings. The average Bonchev–Trinajstić information content (AvgIpc) is 2.96. The topological polar surface area (TPSA) is 82.5 Å². The van der Waals surface area contributed by atoms with Gasteiger partial charge in [-0.1, -0.05) is 13.8 Å². The lowest BCUT2D eigenvalue weighted by Crippen LogP contribution is -2.40. The number of aryl methyl sites for hydroxylation is 2. The molecule has 7 nitrogen and oxygen atoms in total. The first-order valence-electron chi connectivity index (χ1n) is 10.6. The van der Waals surface area contributed by atoms with E-state index in [1.165, 1.54) is 0 Å². The van der Waals surface area contributed by atoms with Crippen LogP contribution in [0, 0.1) is 11.3 Å². The molecule has 3 rings (SSSR count). The number of hydrogen-bond acceptors (Lipinski definition) is 5. The lowest BCUT2D eigenvalue weighted by atomic mass is 9.75. The highest BCUT2D eigenvalue weighted by atomic mass is 16.5. The fourth-order valence-electron chi connectivity index (χ4n) is 4.10. The van der Waals surface area contributed by atoms with Crippen molar-refractivity contribution in [2.75, 3.05) is 26.4 Å². The zero-order valence-corrected chi connectivity index (χ0v) is 17.4. The molecule has 0 bridgehead atoms. The third kappa shape index (κ3) is 4.57. The van der Waals surface area contributed by atoms with E-state index in [-0.39, 0.29) is 23.2 Å². The number of rotatable bonds is 7. The summed E-state index contributed by atoms with van der Waals surface area (Å²) in [6.07, 6.45) is 5.30. The van der Waals surface area contributed by atoms with Gasteiger partial charge in [-0.3, -0.25) is 14.3 Å². The van der Waals surface area contributed by atoms with Crippen molar-refractivity contribution >= 4 is 11.9 Å². The number of nitrogens with one attached hydrogen (secondary N) is 1. The van der Waals surface area contributed by atoms with Crippen LogP contribution in [0.1, 0.15) is 68.2 Å². The fourth-order valence-corrected chi connectivity index (χ4v) is 4.10. The second kappa shape index (κ2) is 9.07. The minimum atomic E-state index is -0.151. The van der Waals surface area contributed by atoms with Crippen LogP contribution >= 0.6 is 0 Å². The molecule has 1 N–H and O–H groups in total. The van der Waals surface area contributed by atoms with Crippen molar-refractivity contribution in [2.24, 2.45) is 11.3 Å². The van der Waals surface area contributed by atoms with Gasteiger partial charge >= 0.3 is 5.97 Å². The maximum absolute atomic E-state index is 12.8. The van der Waals surface area contributed by atoms with Crippen LogP contribution in [0.15, 0.2) is 0 Å².